The normalized spacial score (nSPS) is 52.9. The van der Waals surface area contributed by atoms with Crippen LogP contribution in [0.15, 0.2) is 0 Å². The topological polar surface area (TPSA) is 12.5 Å². The number of hydrogen-bond donors (Lipinski definition) is 0. The van der Waals surface area contributed by atoms with Gasteiger partial charge in [0.1, 0.15) is 0 Å². The van der Waals surface area contributed by atoms with E-state index in [1.807, 2.05) is 0 Å². The van der Waals surface area contributed by atoms with Crippen LogP contribution >= 0.6 is 0 Å². The van der Waals surface area contributed by atoms with Gasteiger partial charge >= 0.3 is 0 Å². The lowest BCUT2D eigenvalue weighted by Gasteiger charge is -2.10. The Balaban J connectivity index is 1.99. The maximum absolute atomic E-state index is 5.39. The molecule has 2 fully saturated rings. The van der Waals surface area contributed by atoms with Crippen LogP contribution < -0.4 is 0 Å². The quantitative estimate of drug-likeness (QED) is 0.433. The molecule has 0 N–H and O–H groups in total. The van der Waals surface area contributed by atoms with Crippen LogP contribution in [0.3, 0.4) is 0 Å². The molecular weight excluding hydrogens is 100 g/mol. The molecule has 2 aliphatic rings. The maximum atomic E-state index is 5.39. The number of fused-ring (bicyclic) bond motifs is 1. The van der Waals surface area contributed by atoms with Gasteiger partial charge in [0.15, 0.2) is 0 Å². The zero-order valence-electron chi connectivity index (χ0n) is 5.26. The second-order valence-electron chi connectivity index (χ2n) is 3.05. The van der Waals surface area contributed by atoms with Gasteiger partial charge in [-0.2, -0.15) is 0 Å². The molecule has 3 atom stereocenters. The molecule has 46 valence electrons. The summed E-state index contributed by atoms with van der Waals surface area (Å²) in [6, 6.07) is 0. The van der Waals surface area contributed by atoms with Crippen molar-refractivity contribution in [2.75, 3.05) is 0 Å². The molecule has 8 heavy (non-hydrogen) atoms. The molecule has 0 radical (unpaired) electrons. The monoisotopic (exact) mass is 112 g/mol. The van der Waals surface area contributed by atoms with Gasteiger partial charge < -0.3 is 4.74 Å². The van der Waals surface area contributed by atoms with Gasteiger partial charge in [-0.05, 0) is 18.8 Å². The van der Waals surface area contributed by atoms with Crippen LogP contribution in [-0.2, 0) is 4.74 Å². The Morgan fingerprint density at radius 2 is 2.25 bits per heavy atom. The van der Waals surface area contributed by atoms with Gasteiger partial charge in [-0.15, -0.1) is 0 Å². The molecule has 0 amide bonds. The lowest BCUT2D eigenvalue weighted by Crippen LogP contribution is -2.11. The third-order valence-electron chi connectivity index (χ3n) is 2.33. The molecule has 1 heterocycles. The van der Waals surface area contributed by atoms with E-state index in [0.717, 1.165) is 5.92 Å². The average molecular weight is 112 g/mol. The Morgan fingerprint density at radius 3 is 2.88 bits per heavy atom. The summed E-state index contributed by atoms with van der Waals surface area (Å²) in [5.74, 6) is 0.855. The van der Waals surface area contributed by atoms with Gasteiger partial charge in [0, 0.05) is 0 Å². The first kappa shape index (κ1) is 4.80. The maximum Gasteiger partial charge on any atom is 0.0867 e. The molecule has 3 unspecified atom stereocenters. The van der Waals surface area contributed by atoms with E-state index in [-0.39, 0.29) is 0 Å². The Morgan fingerprint density at radius 1 is 1.38 bits per heavy atom. The molecule has 1 saturated heterocycles. The van der Waals surface area contributed by atoms with Crippen molar-refractivity contribution in [3.8, 4) is 0 Å². The van der Waals surface area contributed by atoms with Crippen LogP contribution in [0.4, 0.5) is 0 Å². The van der Waals surface area contributed by atoms with Crippen LogP contribution in [0.5, 0.6) is 0 Å². The van der Waals surface area contributed by atoms with Crippen LogP contribution in [0.25, 0.3) is 0 Å². The molecule has 1 aliphatic heterocycles. The molecule has 0 spiro atoms. The smallest absolute Gasteiger partial charge is 0.0867 e. The van der Waals surface area contributed by atoms with Gasteiger partial charge in [0.05, 0.1) is 12.2 Å². The Bertz CT molecular complexity index is 101. The second-order valence-corrected chi connectivity index (χ2v) is 3.05. The highest BCUT2D eigenvalue weighted by atomic mass is 16.6. The highest BCUT2D eigenvalue weighted by Crippen LogP contribution is 2.39. The molecule has 0 aromatic rings. The van der Waals surface area contributed by atoms with Crippen molar-refractivity contribution in [1.82, 2.24) is 0 Å². The minimum atomic E-state index is 0.670. The Kier molecular flexibility index (Phi) is 0.884. The fraction of sp³-hybridized carbons (Fsp3) is 1.00. The van der Waals surface area contributed by atoms with Gasteiger partial charge in [-0.3, -0.25) is 0 Å². The molecule has 2 rings (SSSR count). The summed E-state index contributed by atoms with van der Waals surface area (Å²) in [6.07, 6.45) is 5.46. The van der Waals surface area contributed by atoms with E-state index in [1.165, 1.54) is 19.3 Å². The number of epoxide rings is 1. The van der Waals surface area contributed by atoms with E-state index in [0.29, 0.717) is 12.2 Å². The van der Waals surface area contributed by atoms with Crippen molar-refractivity contribution < 1.29 is 4.74 Å². The number of hydrogen-bond acceptors (Lipinski definition) is 1. The summed E-state index contributed by atoms with van der Waals surface area (Å²) in [7, 11) is 0. The highest BCUT2D eigenvalue weighted by Gasteiger charge is 2.44. The summed E-state index contributed by atoms with van der Waals surface area (Å²) >= 11 is 0. The number of ether oxygens (including phenoxy) is 1. The molecule has 1 nitrogen and oxygen atoms in total. The van der Waals surface area contributed by atoms with Crippen LogP contribution in [0, 0.1) is 5.92 Å². The van der Waals surface area contributed by atoms with Crippen LogP contribution in [-0.4, -0.2) is 12.2 Å². The van der Waals surface area contributed by atoms with Crippen molar-refractivity contribution in [2.45, 2.75) is 38.4 Å². The zero-order chi connectivity index (χ0) is 5.56. The molecule has 1 saturated carbocycles. The third-order valence-corrected chi connectivity index (χ3v) is 2.33. The van der Waals surface area contributed by atoms with Crippen molar-refractivity contribution >= 4 is 0 Å². The lowest BCUT2D eigenvalue weighted by molar-refractivity contribution is 0.336. The Hall–Kier alpha value is -0.0400. The first-order chi connectivity index (χ1) is 3.88. The second kappa shape index (κ2) is 1.47. The van der Waals surface area contributed by atoms with E-state index >= 15 is 0 Å². The first-order valence-electron chi connectivity index (χ1n) is 3.53. The first-order valence-corrected chi connectivity index (χ1v) is 3.53. The van der Waals surface area contributed by atoms with Gasteiger partial charge in [0.25, 0.3) is 0 Å². The van der Waals surface area contributed by atoms with Crippen molar-refractivity contribution in [1.29, 1.82) is 0 Å². The lowest BCUT2D eigenvalue weighted by atomic mass is 9.91. The fourth-order valence-corrected chi connectivity index (χ4v) is 1.69. The fourth-order valence-electron chi connectivity index (χ4n) is 1.69. The number of rotatable bonds is 0. The molecule has 0 aromatic heterocycles. The van der Waals surface area contributed by atoms with E-state index < -0.39 is 0 Å². The Labute approximate surface area is 50.0 Å². The third kappa shape index (κ3) is 0.576. The summed E-state index contributed by atoms with van der Waals surface area (Å²) in [5.41, 5.74) is 0. The van der Waals surface area contributed by atoms with E-state index in [1.54, 1.807) is 0 Å². The highest BCUT2D eigenvalue weighted by molar-refractivity contribution is 4.92. The van der Waals surface area contributed by atoms with E-state index in [4.69, 9.17) is 4.74 Å². The molecular formula is C7H12O. The minimum absolute atomic E-state index is 0.670. The average Bonchev–Trinajstić information content (AvgIpc) is 2.45. The summed E-state index contributed by atoms with van der Waals surface area (Å²) < 4.78 is 5.39. The summed E-state index contributed by atoms with van der Waals surface area (Å²) in [5, 5.41) is 0. The molecule has 0 bridgehead atoms. The molecule has 0 aromatic carbocycles. The van der Waals surface area contributed by atoms with Crippen LogP contribution in [0.2, 0.25) is 0 Å². The predicted molar refractivity (Wildman–Crippen MR) is 31.7 cm³/mol. The van der Waals surface area contributed by atoms with E-state index in [9.17, 15) is 0 Å². The predicted octanol–water partition coefficient (Wildman–Crippen LogP) is 1.57. The summed E-state index contributed by atoms with van der Waals surface area (Å²) in [6.45, 7) is 2.30. The largest absolute Gasteiger partial charge is 0.369 e. The van der Waals surface area contributed by atoms with Crippen molar-refractivity contribution in [3.63, 3.8) is 0 Å². The SMILES string of the molecule is CC1CCCC2OC12. The van der Waals surface area contributed by atoms with Crippen molar-refractivity contribution in [3.05, 3.63) is 0 Å². The standard InChI is InChI=1S/C7H12O/c1-5-3-2-4-6-7(5)8-6/h5-7H,2-4H2,1H3. The summed E-state index contributed by atoms with van der Waals surface area (Å²) in [4.78, 5) is 0. The van der Waals surface area contributed by atoms with Gasteiger partial charge in [-0.25, -0.2) is 0 Å². The molecule has 1 heteroatoms. The molecule has 1 aliphatic carbocycles. The zero-order valence-corrected chi connectivity index (χ0v) is 5.26. The van der Waals surface area contributed by atoms with Crippen molar-refractivity contribution in [2.24, 2.45) is 5.92 Å². The van der Waals surface area contributed by atoms with Crippen LogP contribution in [0.1, 0.15) is 26.2 Å². The van der Waals surface area contributed by atoms with Gasteiger partial charge in [0.2, 0.25) is 0 Å². The minimum Gasteiger partial charge on any atom is -0.369 e. The van der Waals surface area contributed by atoms with Gasteiger partial charge in [-0.1, -0.05) is 13.3 Å². The van der Waals surface area contributed by atoms with E-state index in [2.05, 4.69) is 6.92 Å².